The SMILES string of the molecule is CN1C(ONC(C=O)CC(=O)O)CCCN1C(=O)CCN(C=O)NC(=O)c1cc(Cl)c(N)c(Cl)c1. The van der Waals surface area contributed by atoms with Gasteiger partial charge in [0, 0.05) is 25.6 Å². The smallest absolute Gasteiger partial charge is 0.305 e. The highest BCUT2D eigenvalue weighted by Gasteiger charge is 2.31. The van der Waals surface area contributed by atoms with Crippen molar-refractivity contribution in [3.05, 3.63) is 27.7 Å². The van der Waals surface area contributed by atoms with Gasteiger partial charge in [-0.15, -0.1) is 0 Å². The molecule has 5 N–H and O–H groups in total. The van der Waals surface area contributed by atoms with Crippen LogP contribution in [0, 0.1) is 0 Å². The number of carboxylic acid groups (broad SMARTS) is 1. The van der Waals surface area contributed by atoms with Gasteiger partial charge < -0.3 is 15.6 Å². The summed E-state index contributed by atoms with van der Waals surface area (Å²) < 4.78 is 0. The van der Waals surface area contributed by atoms with E-state index in [1.54, 1.807) is 7.05 Å². The van der Waals surface area contributed by atoms with Crippen LogP contribution in [-0.4, -0.2) is 83.0 Å². The molecule has 0 radical (unpaired) electrons. The summed E-state index contributed by atoms with van der Waals surface area (Å²) in [6, 6.07) is 1.56. The van der Waals surface area contributed by atoms with Gasteiger partial charge in [0.25, 0.3) is 5.91 Å². The maximum atomic E-state index is 12.8. The Balaban J connectivity index is 1.91. The molecule has 0 aliphatic carbocycles. The fourth-order valence-electron chi connectivity index (χ4n) is 3.21. The maximum Gasteiger partial charge on any atom is 0.305 e. The predicted octanol–water partition coefficient (Wildman–Crippen LogP) is 0.428. The number of hydrogen-bond acceptors (Lipinski definition) is 9. The molecule has 3 amide bonds. The van der Waals surface area contributed by atoms with Gasteiger partial charge in [-0.2, -0.15) is 10.5 Å². The molecule has 192 valence electrons. The maximum absolute atomic E-state index is 12.8. The molecule has 0 bridgehead atoms. The molecule has 0 aromatic heterocycles. The van der Waals surface area contributed by atoms with Crippen LogP contribution in [0.1, 0.15) is 36.0 Å². The van der Waals surface area contributed by atoms with E-state index in [0.29, 0.717) is 32.1 Å². The van der Waals surface area contributed by atoms with Crippen LogP contribution in [0.25, 0.3) is 0 Å². The minimum atomic E-state index is -1.17. The Hall–Kier alpha value is -2.97. The molecule has 1 aliphatic rings. The number of anilines is 1. The first-order valence-corrected chi connectivity index (χ1v) is 11.2. The number of carbonyl (C=O) groups excluding carboxylic acids is 4. The van der Waals surface area contributed by atoms with E-state index in [0.717, 1.165) is 5.01 Å². The average Bonchev–Trinajstić information content (AvgIpc) is 2.82. The van der Waals surface area contributed by atoms with Crippen LogP contribution in [0.4, 0.5) is 5.69 Å². The van der Waals surface area contributed by atoms with Crippen molar-refractivity contribution in [1.82, 2.24) is 25.9 Å². The van der Waals surface area contributed by atoms with Gasteiger partial charge in [0.15, 0.2) is 0 Å². The lowest BCUT2D eigenvalue weighted by molar-refractivity contribution is -0.211. The Morgan fingerprint density at radius 2 is 1.97 bits per heavy atom. The summed E-state index contributed by atoms with van der Waals surface area (Å²) in [7, 11) is 1.60. The van der Waals surface area contributed by atoms with Crippen LogP contribution in [0.2, 0.25) is 10.0 Å². The zero-order valence-corrected chi connectivity index (χ0v) is 20.3. The number of hydrazine groups is 2. The van der Waals surface area contributed by atoms with Crippen molar-refractivity contribution >= 4 is 59.4 Å². The lowest BCUT2D eigenvalue weighted by Gasteiger charge is -2.41. The molecular weight excluding hydrogens is 507 g/mol. The van der Waals surface area contributed by atoms with Crippen LogP contribution in [-0.2, 0) is 24.0 Å². The summed E-state index contributed by atoms with van der Waals surface area (Å²) in [5, 5.41) is 12.8. The second-order valence-corrected chi connectivity index (χ2v) is 8.42. The molecular formula is C20H26Cl2N6O7. The summed E-state index contributed by atoms with van der Waals surface area (Å²) in [4.78, 5) is 63.8. The van der Waals surface area contributed by atoms with Crippen LogP contribution in [0.5, 0.6) is 0 Å². The van der Waals surface area contributed by atoms with E-state index >= 15 is 0 Å². The van der Waals surface area contributed by atoms with Crippen LogP contribution in [0.15, 0.2) is 12.1 Å². The van der Waals surface area contributed by atoms with Crippen molar-refractivity contribution in [2.75, 3.05) is 25.9 Å². The predicted molar refractivity (Wildman–Crippen MR) is 125 cm³/mol. The highest BCUT2D eigenvalue weighted by atomic mass is 35.5. The number of nitrogen functional groups attached to an aromatic ring is 1. The number of hydrogen-bond donors (Lipinski definition) is 4. The molecule has 0 spiro atoms. The number of aliphatic carboxylic acids is 1. The van der Waals surface area contributed by atoms with Gasteiger partial charge in [-0.1, -0.05) is 23.2 Å². The largest absolute Gasteiger partial charge is 0.481 e. The topological polar surface area (TPSA) is 175 Å². The van der Waals surface area contributed by atoms with E-state index in [9.17, 15) is 24.0 Å². The Morgan fingerprint density at radius 1 is 1.31 bits per heavy atom. The van der Waals surface area contributed by atoms with Gasteiger partial charge in [0.05, 0.1) is 34.7 Å². The normalized spacial score (nSPS) is 16.9. The van der Waals surface area contributed by atoms with E-state index in [-0.39, 0.29) is 40.2 Å². The second kappa shape index (κ2) is 13.2. The monoisotopic (exact) mass is 532 g/mol. The first-order chi connectivity index (χ1) is 16.6. The number of amides is 3. The molecule has 1 aromatic carbocycles. The van der Waals surface area contributed by atoms with Crippen molar-refractivity contribution in [2.24, 2.45) is 0 Å². The molecule has 1 aliphatic heterocycles. The highest BCUT2D eigenvalue weighted by Crippen LogP contribution is 2.28. The first kappa shape index (κ1) is 28.3. The van der Waals surface area contributed by atoms with Gasteiger partial charge in [0.1, 0.15) is 12.5 Å². The molecule has 1 aromatic rings. The molecule has 2 unspecified atom stereocenters. The molecule has 13 nitrogen and oxygen atoms in total. The van der Waals surface area contributed by atoms with Crippen molar-refractivity contribution in [3.63, 3.8) is 0 Å². The second-order valence-electron chi connectivity index (χ2n) is 7.61. The molecule has 2 rings (SSSR count). The number of hydroxylamine groups is 1. The molecule has 1 fully saturated rings. The molecule has 1 heterocycles. The number of carboxylic acids is 1. The number of nitrogens with two attached hydrogens (primary N) is 1. The fraction of sp³-hybridized carbons (Fsp3) is 0.450. The van der Waals surface area contributed by atoms with E-state index in [4.69, 9.17) is 38.9 Å². The van der Waals surface area contributed by atoms with E-state index in [2.05, 4.69) is 10.9 Å². The summed E-state index contributed by atoms with van der Waals surface area (Å²) in [5.41, 5.74) is 10.6. The fourth-order valence-corrected chi connectivity index (χ4v) is 3.70. The first-order valence-electron chi connectivity index (χ1n) is 10.5. The third-order valence-electron chi connectivity index (χ3n) is 5.10. The van der Waals surface area contributed by atoms with Gasteiger partial charge in [-0.05, 0) is 25.0 Å². The number of nitrogens with zero attached hydrogens (tertiary/aromatic N) is 3. The van der Waals surface area contributed by atoms with Gasteiger partial charge in [0.2, 0.25) is 12.3 Å². The minimum Gasteiger partial charge on any atom is -0.481 e. The van der Waals surface area contributed by atoms with E-state index < -0.39 is 30.6 Å². The Labute approximate surface area is 210 Å². The van der Waals surface area contributed by atoms with Crippen molar-refractivity contribution in [3.8, 4) is 0 Å². The van der Waals surface area contributed by atoms with E-state index in [1.165, 1.54) is 22.2 Å². The van der Waals surface area contributed by atoms with Crippen molar-refractivity contribution in [1.29, 1.82) is 0 Å². The zero-order valence-electron chi connectivity index (χ0n) is 18.8. The van der Waals surface area contributed by atoms with Crippen molar-refractivity contribution in [2.45, 2.75) is 38.0 Å². The lowest BCUT2D eigenvalue weighted by atomic mass is 10.2. The summed E-state index contributed by atoms with van der Waals surface area (Å²) in [6.07, 6.45) is 0.686. The van der Waals surface area contributed by atoms with Gasteiger partial charge in [-0.3, -0.25) is 39.5 Å². The standard InChI is InChI=1S/C20H26Cl2N6O7/c1-26-17(35-25-13(10-29)9-18(32)33)3-2-5-28(26)16(31)4-6-27(11-30)24-20(34)12-7-14(21)19(23)15(22)8-12/h7-8,10-11,13,17,25H,2-6,9,23H2,1H3,(H,24,34)(H,32,33). The summed E-state index contributed by atoms with van der Waals surface area (Å²) in [5.74, 6) is -2.19. The Bertz CT molecular complexity index is 943. The number of carbonyl (C=O) groups is 5. The number of rotatable bonds is 12. The van der Waals surface area contributed by atoms with Gasteiger partial charge >= 0.3 is 5.97 Å². The Morgan fingerprint density at radius 3 is 2.54 bits per heavy atom. The summed E-state index contributed by atoms with van der Waals surface area (Å²) in [6.45, 7) is 0.266. The Kier molecular flexibility index (Phi) is 10.7. The number of benzene rings is 1. The summed E-state index contributed by atoms with van der Waals surface area (Å²) >= 11 is 11.9. The highest BCUT2D eigenvalue weighted by molar-refractivity contribution is 6.39. The molecule has 0 saturated carbocycles. The zero-order chi connectivity index (χ0) is 26.1. The van der Waals surface area contributed by atoms with E-state index in [1.807, 2.05) is 0 Å². The average molecular weight is 533 g/mol. The third kappa shape index (κ3) is 8.04. The number of nitrogens with one attached hydrogen (secondary N) is 2. The van der Waals surface area contributed by atoms with Crippen LogP contribution in [0.3, 0.4) is 0 Å². The lowest BCUT2D eigenvalue weighted by Crippen LogP contribution is -2.56. The number of halogens is 2. The molecule has 1 saturated heterocycles. The molecule has 35 heavy (non-hydrogen) atoms. The molecule has 15 heteroatoms. The quantitative estimate of drug-likeness (QED) is 0.168. The van der Waals surface area contributed by atoms with Crippen LogP contribution >= 0.6 is 23.2 Å². The van der Waals surface area contributed by atoms with Crippen molar-refractivity contribution < 1.29 is 33.9 Å². The van der Waals surface area contributed by atoms with Crippen LogP contribution < -0.4 is 16.6 Å². The number of aldehydes is 1. The van der Waals surface area contributed by atoms with Gasteiger partial charge in [-0.25, -0.2) is 0 Å². The minimum absolute atomic E-state index is 0.0761. The molecule has 2 atom stereocenters. The third-order valence-corrected chi connectivity index (χ3v) is 5.73.